The molecule has 0 aliphatic rings. The Labute approximate surface area is 193 Å². The van der Waals surface area contributed by atoms with Gasteiger partial charge in [0.05, 0.1) is 16.9 Å². The van der Waals surface area contributed by atoms with Gasteiger partial charge < -0.3 is 10.2 Å². The van der Waals surface area contributed by atoms with E-state index in [1.165, 1.54) is 23.1 Å². The van der Waals surface area contributed by atoms with E-state index < -0.39 is 33.4 Å². The lowest BCUT2D eigenvalue weighted by atomic mass is 10.1. The second-order valence-electron chi connectivity index (χ2n) is 7.44. The van der Waals surface area contributed by atoms with Gasteiger partial charge in [-0.1, -0.05) is 36.4 Å². The maximum Gasteiger partial charge on any atom is 0.271 e. The Morgan fingerprint density at radius 3 is 2.36 bits per heavy atom. The molecule has 0 bridgehead atoms. The number of hydrogen-bond acceptors (Lipinski definition) is 6. The van der Waals surface area contributed by atoms with E-state index in [2.05, 4.69) is 5.32 Å². The van der Waals surface area contributed by atoms with E-state index in [1.807, 2.05) is 30.3 Å². The van der Waals surface area contributed by atoms with Gasteiger partial charge in [0.2, 0.25) is 21.8 Å². The molecule has 2 aromatic rings. The van der Waals surface area contributed by atoms with Crippen LogP contribution in [0.25, 0.3) is 0 Å². The topological polar surface area (TPSA) is 130 Å². The molecule has 0 saturated heterocycles. The van der Waals surface area contributed by atoms with Gasteiger partial charge in [0.25, 0.3) is 5.69 Å². The summed E-state index contributed by atoms with van der Waals surface area (Å²) in [6, 6.07) is 13.6. The molecule has 0 unspecified atom stereocenters. The monoisotopic (exact) mass is 476 g/mol. The van der Waals surface area contributed by atoms with Crippen molar-refractivity contribution in [2.75, 3.05) is 30.2 Å². The summed E-state index contributed by atoms with van der Waals surface area (Å²) in [7, 11) is -3.95. The Morgan fingerprint density at radius 1 is 1.12 bits per heavy atom. The summed E-state index contributed by atoms with van der Waals surface area (Å²) in [6.07, 6.45) is 1.38. The first-order valence-corrected chi connectivity index (χ1v) is 12.2. The number of carbonyl (C=O) groups is 2. The predicted molar refractivity (Wildman–Crippen MR) is 125 cm³/mol. The third-order valence-corrected chi connectivity index (χ3v) is 6.15. The SMILES string of the molecule is CCNC(=O)[C@@H](C)N(CCc1ccccc1)C(=O)CN(c1cccc([N+](=O)[O-])c1)S(C)(=O)=O. The lowest BCUT2D eigenvalue weighted by molar-refractivity contribution is -0.384. The van der Waals surface area contributed by atoms with Gasteiger partial charge in [-0.05, 0) is 31.9 Å². The Kier molecular flexibility index (Phi) is 8.92. The van der Waals surface area contributed by atoms with Crippen molar-refractivity contribution in [3.8, 4) is 0 Å². The van der Waals surface area contributed by atoms with E-state index in [0.717, 1.165) is 22.2 Å². The van der Waals surface area contributed by atoms with Crippen molar-refractivity contribution in [3.63, 3.8) is 0 Å². The second-order valence-corrected chi connectivity index (χ2v) is 9.35. The van der Waals surface area contributed by atoms with Gasteiger partial charge in [0.15, 0.2) is 0 Å². The van der Waals surface area contributed by atoms with Gasteiger partial charge in [-0.25, -0.2) is 8.42 Å². The Balaban J connectivity index is 2.34. The van der Waals surface area contributed by atoms with Crippen LogP contribution in [0.2, 0.25) is 0 Å². The first-order chi connectivity index (χ1) is 15.5. The summed E-state index contributed by atoms with van der Waals surface area (Å²) in [5, 5.41) is 13.8. The molecule has 0 fully saturated rings. The highest BCUT2D eigenvalue weighted by Gasteiger charge is 2.30. The largest absolute Gasteiger partial charge is 0.355 e. The van der Waals surface area contributed by atoms with Crippen LogP contribution in [0.4, 0.5) is 11.4 Å². The zero-order valence-corrected chi connectivity index (χ0v) is 19.6. The number of nitrogens with zero attached hydrogens (tertiary/aromatic N) is 3. The number of hydrogen-bond donors (Lipinski definition) is 1. The normalized spacial score (nSPS) is 12.0. The number of likely N-dealkylation sites (N-methyl/N-ethyl adjacent to an activating group) is 1. The molecular weight excluding hydrogens is 448 g/mol. The Morgan fingerprint density at radius 2 is 1.79 bits per heavy atom. The van der Waals surface area contributed by atoms with Crippen LogP contribution in [0.1, 0.15) is 19.4 Å². The standard InChI is InChI=1S/C22H28N4O6S/c1-4-23-22(28)17(2)24(14-13-18-9-6-5-7-10-18)21(27)16-25(33(3,31)32)19-11-8-12-20(15-19)26(29)30/h5-12,15,17H,4,13-14,16H2,1-3H3,(H,23,28)/t17-/m1/s1. The predicted octanol–water partition coefficient (Wildman–Crippen LogP) is 1.96. The van der Waals surface area contributed by atoms with Crippen molar-refractivity contribution in [3.05, 3.63) is 70.3 Å². The summed E-state index contributed by atoms with van der Waals surface area (Å²) in [5.41, 5.74) is 0.649. The quantitative estimate of drug-likeness (QED) is 0.390. The van der Waals surface area contributed by atoms with Crippen LogP contribution >= 0.6 is 0 Å². The van der Waals surface area contributed by atoms with Crippen molar-refractivity contribution >= 4 is 33.2 Å². The van der Waals surface area contributed by atoms with Crippen LogP contribution in [0.5, 0.6) is 0 Å². The molecule has 2 amide bonds. The molecule has 0 saturated carbocycles. The van der Waals surface area contributed by atoms with Crippen LogP contribution < -0.4 is 9.62 Å². The summed E-state index contributed by atoms with van der Waals surface area (Å²) < 4.78 is 25.7. The van der Waals surface area contributed by atoms with Crippen LogP contribution in [0.15, 0.2) is 54.6 Å². The molecular formula is C22H28N4O6S. The molecule has 2 rings (SSSR count). The maximum atomic E-state index is 13.3. The molecule has 10 nitrogen and oxygen atoms in total. The average molecular weight is 477 g/mol. The van der Waals surface area contributed by atoms with Gasteiger partial charge in [0.1, 0.15) is 12.6 Å². The molecule has 0 aromatic heterocycles. The van der Waals surface area contributed by atoms with Crippen LogP contribution in [-0.4, -0.2) is 62.0 Å². The molecule has 0 spiro atoms. The highest BCUT2D eigenvalue weighted by molar-refractivity contribution is 7.92. The average Bonchev–Trinajstić information content (AvgIpc) is 2.77. The summed E-state index contributed by atoms with van der Waals surface area (Å²) in [4.78, 5) is 37.5. The molecule has 0 heterocycles. The fourth-order valence-corrected chi connectivity index (χ4v) is 4.11. The molecule has 1 atom stereocenters. The van der Waals surface area contributed by atoms with Gasteiger partial charge >= 0.3 is 0 Å². The van der Waals surface area contributed by atoms with Crippen molar-refractivity contribution < 1.29 is 22.9 Å². The van der Waals surface area contributed by atoms with Gasteiger partial charge in [-0.15, -0.1) is 0 Å². The van der Waals surface area contributed by atoms with Crippen LogP contribution in [0, 0.1) is 10.1 Å². The van der Waals surface area contributed by atoms with Gasteiger partial charge in [-0.2, -0.15) is 0 Å². The first kappa shape index (κ1) is 25.8. The minimum Gasteiger partial charge on any atom is -0.355 e. The lowest BCUT2D eigenvalue weighted by Gasteiger charge is -2.31. The van der Waals surface area contributed by atoms with E-state index in [0.29, 0.717) is 13.0 Å². The minimum absolute atomic E-state index is 0.00581. The summed E-state index contributed by atoms with van der Waals surface area (Å²) >= 11 is 0. The molecule has 11 heteroatoms. The van der Waals surface area contributed by atoms with E-state index in [-0.39, 0.29) is 23.8 Å². The van der Waals surface area contributed by atoms with Crippen molar-refractivity contribution in [1.82, 2.24) is 10.2 Å². The number of carbonyl (C=O) groups excluding carboxylic acids is 2. The van der Waals surface area contributed by atoms with Crippen LogP contribution in [0.3, 0.4) is 0 Å². The number of amides is 2. The second kappa shape index (κ2) is 11.4. The number of non-ortho nitro benzene ring substituents is 1. The van der Waals surface area contributed by atoms with E-state index in [9.17, 15) is 28.1 Å². The molecule has 33 heavy (non-hydrogen) atoms. The van der Waals surface area contributed by atoms with Gasteiger partial charge in [0, 0.05) is 25.2 Å². The lowest BCUT2D eigenvalue weighted by Crippen LogP contribution is -2.52. The zero-order valence-electron chi connectivity index (χ0n) is 18.8. The van der Waals surface area contributed by atoms with Crippen LogP contribution in [-0.2, 0) is 26.0 Å². The molecule has 2 aromatic carbocycles. The first-order valence-electron chi connectivity index (χ1n) is 10.4. The van der Waals surface area contributed by atoms with Gasteiger partial charge in [-0.3, -0.25) is 24.0 Å². The molecule has 0 aliphatic carbocycles. The summed E-state index contributed by atoms with van der Waals surface area (Å²) in [6.45, 7) is 3.31. The molecule has 1 N–H and O–H groups in total. The fraction of sp³-hybridized carbons (Fsp3) is 0.364. The molecule has 0 aliphatic heterocycles. The maximum absolute atomic E-state index is 13.3. The van der Waals surface area contributed by atoms with E-state index >= 15 is 0 Å². The number of anilines is 1. The van der Waals surface area contributed by atoms with E-state index in [4.69, 9.17) is 0 Å². The molecule has 178 valence electrons. The number of benzene rings is 2. The van der Waals surface area contributed by atoms with E-state index in [1.54, 1.807) is 13.8 Å². The third kappa shape index (κ3) is 7.28. The third-order valence-electron chi connectivity index (χ3n) is 5.01. The van der Waals surface area contributed by atoms with Crippen molar-refractivity contribution in [1.29, 1.82) is 0 Å². The molecule has 0 radical (unpaired) electrons. The number of rotatable bonds is 11. The Bertz CT molecular complexity index is 1090. The summed E-state index contributed by atoms with van der Waals surface area (Å²) in [5.74, 6) is -0.957. The highest BCUT2D eigenvalue weighted by atomic mass is 32.2. The Hall–Kier alpha value is -3.47. The smallest absolute Gasteiger partial charge is 0.271 e. The highest BCUT2D eigenvalue weighted by Crippen LogP contribution is 2.23. The number of nitro groups is 1. The van der Waals surface area contributed by atoms with Crippen molar-refractivity contribution in [2.24, 2.45) is 0 Å². The zero-order chi connectivity index (χ0) is 24.6. The number of nitrogens with one attached hydrogen (secondary N) is 1. The minimum atomic E-state index is -3.95. The number of sulfonamides is 1. The fourth-order valence-electron chi connectivity index (χ4n) is 3.27. The number of nitro benzene ring substituents is 1. The van der Waals surface area contributed by atoms with Crippen molar-refractivity contribution in [2.45, 2.75) is 26.3 Å².